The molecule has 0 saturated heterocycles. The highest BCUT2D eigenvalue weighted by atomic mass is 35.5. The van der Waals surface area contributed by atoms with Crippen LogP contribution in [0.3, 0.4) is 0 Å². The fourth-order valence-corrected chi connectivity index (χ4v) is 2.24. The van der Waals surface area contributed by atoms with E-state index in [2.05, 4.69) is 6.08 Å². The molecule has 0 N–H and O–H groups in total. The zero-order valence-corrected chi connectivity index (χ0v) is 10.1. The maximum absolute atomic E-state index is 11.4. The first-order chi connectivity index (χ1) is 7.33. The van der Waals surface area contributed by atoms with Gasteiger partial charge in [-0.3, -0.25) is 4.79 Å². The van der Waals surface area contributed by atoms with Crippen LogP contribution in [0.15, 0.2) is 12.2 Å². The largest absolute Gasteiger partial charge is 0.295 e. The molecule has 0 atom stereocenters. The van der Waals surface area contributed by atoms with Crippen LogP contribution in [0.1, 0.15) is 51.4 Å². The topological polar surface area (TPSA) is 17.1 Å². The summed E-state index contributed by atoms with van der Waals surface area (Å²) < 4.78 is 0. The van der Waals surface area contributed by atoms with Crippen molar-refractivity contribution in [1.29, 1.82) is 0 Å². The van der Waals surface area contributed by atoms with E-state index in [0.717, 1.165) is 12.8 Å². The van der Waals surface area contributed by atoms with Crippen LogP contribution in [0.2, 0.25) is 0 Å². The lowest BCUT2D eigenvalue weighted by molar-refractivity contribution is -0.114. The molecule has 0 amide bonds. The molecular formula is C13H21ClO. The Morgan fingerprint density at radius 3 is 2.60 bits per heavy atom. The van der Waals surface area contributed by atoms with Crippen molar-refractivity contribution in [2.24, 2.45) is 5.92 Å². The van der Waals surface area contributed by atoms with Crippen LogP contribution in [0, 0.1) is 5.92 Å². The molecule has 1 nitrogen and oxygen atoms in total. The molecule has 0 radical (unpaired) electrons. The van der Waals surface area contributed by atoms with Gasteiger partial charge >= 0.3 is 0 Å². The van der Waals surface area contributed by atoms with Crippen LogP contribution in [0.5, 0.6) is 0 Å². The Kier molecular flexibility index (Phi) is 6.74. The number of rotatable bonds is 6. The minimum atomic E-state index is 0.269. The highest BCUT2D eigenvalue weighted by Crippen LogP contribution is 2.24. The summed E-state index contributed by atoms with van der Waals surface area (Å²) >= 11 is 5.55. The molecule has 15 heavy (non-hydrogen) atoms. The van der Waals surface area contributed by atoms with Gasteiger partial charge in [0.1, 0.15) is 0 Å². The normalized spacial score (nSPS) is 18.5. The number of halogens is 1. The second kappa shape index (κ2) is 7.92. The maximum atomic E-state index is 11.4. The third-order valence-corrected chi connectivity index (χ3v) is 3.28. The van der Waals surface area contributed by atoms with Crippen LogP contribution in [0.4, 0.5) is 0 Å². The van der Waals surface area contributed by atoms with Crippen LogP contribution < -0.4 is 0 Å². The molecule has 0 aromatic rings. The lowest BCUT2D eigenvalue weighted by atomic mass is 9.89. The number of unbranched alkanes of at least 4 members (excludes halogenated alkanes) is 1. The van der Waals surface area contributed by atoms with E-state index in [1.54, 1.807) is 6.08 Å². The molecule has 0 aromatic heterocycles. The molecular weight excluding hydrogens is 208 g/mol. The monoisotopic (exact) mass is 228 g/mol. The van der Waals surface area contributed by atoms with Gasteiger partial charge in [-0.25, -0.2) is 0 Å². The summed E-state index contributed by atoms with van der Waals surface area (Å²) in [6, 6.07) is 0. The first kappa shape index (κ1) is 12.8. The fourth-order valence-electron chi connectivity index (χ4n) is 2.05. The molecule has 0 heterocycles. The van der Waals surface area contributed by atoms with Gasteiger partial charge in [0.25, 0.3) is 0 Å². The van der Waals surface area contributed by atoms with Gasteiger partial charge in [0.05, 0.1) is 0 Å². The van der Waals surface area contributed by atoms with Gasteiger partial charge in [0.15, 0.2) is 5.78 Å². The second-order valence-electron chi connectivity index (χ2n) is 4.37. The molecule has 1 rings (SSSR count). The van der Waals surface area contributed by atoms with E-state index < -0.39 is 0 Å². The quantitative estimate of drug-likeness (QED) is 0.380. The maximum Gasteiger partial charge on any atom is 0.155 e. The Morgan fingerprint density at radius 2 is 1.93 bits per heavy atom. The second-order valence-corrected chi connectivity index (χ2v) is 4.75. The SMILES string of the molecule is O=C(C=CC1CCCCC1)CCCCCl. The van der Waals surface area contributed by atoms with Crippen molar-refractivity contribution in [2.45, 2.75) is 51.4 Å². The summed E-state index contributed by atoms with van der Waals surface area (Å²) in [5, 5.41) is 0. The van der Waals surface area contributed by atoms with Gasteiger partial charge in [-0.05, 0) is 37.7 Å². The number of hydrogen-bond acceptors (Lipinski definition) is 1. The lowest BCUT2D eigenvalue weighted by Crippen LogP contribution is -2.03. The van der Waals surface area contributed by atoms with Crippen molar-refractivity contribution >= 4 is 17.4 Å². The predicted octanol–water partition coefficient (Wildman–Crippen LogP) is 4.10. The van der Waals surface area contributed by atoms with Crippen LogP contribution in [0.25, 0.3) is 0 Å². The molecule has 1 fully saturated rings. The van der Waals surface area contributed by atoms with E-state index >= 15 is 0 Å². The van der Waals surface area contributed by atoms with Crippen molar-refractivity contribution < 1.29 is 4.79 Å². The lowest BCUT2D eigenvalue weighted by Gasteiger charge is -2.17. The van der Waals surface area contributed by atoms with E-state index in [9.17, 15) is 4.79 Å². The molecule has 2 heteroatoms. The Bertz CT molecular complexity index is 205. The third kappa shape index (κ3) is 5.99. The molecule has 86 valence electrons. The molecule has 1 saturated carbocycles. The molecule has 0 unspecified atom stereocenters. The zero-order valence-electron chi connectivity index (χ0n) is 9.38. The minimum Gasteiger partial charge on any atom is -0.295 e. The number of allylic oxidation sites excluding steroid dienone is 2. The highest BCUT2D eigenvalue weighted by molar-refractivity contribution is 6.17. The number of hydrogen-bond donors (Lipinski definition) is 0. The van der Waals surface area contributed by atoms with E-state index in [-0.39, 0.29) is 5.78 Å². The number of carbonyl (C=O) groups is 1. The summed E-state index contributed by atoms with van der Waals surface area (Å²) in [5.74, 6) is 1.60. The van der Waals surface area contributed by atoms with Crippen LogP contribution in [-0.2, 0) is 4.79 Å². The third-order valence-electron chi connectivity index (χ3n) is 3.01. The van der Waals surface area contributed by atoms with Gasteiger partial charge in [0.2, 0.25) is 0 Å². The summed E-state index contributed by atoms with van der Waals surface area (Å²) in [4.78, 5) is 11.4. The summed E-state index contributed by atoms with van der Waals surface area (Å²) in [5.41, 5.74) is 0. The first-order valence-corrected chi connectivity index (χ1v) is 6.63. The number of alkyl halides is 1. The Hall–Kier alpha value is -0.300. The average molecular weight is 229 g/mol. The molecule has 1 aliphatic carbocycles. The standard InChI is InChI=1S/C13H21ClO/c14-11-5-4-8-13(15)10-9-12-6-2-1-3-7-12/h9-10,12H,1-8,11H2. The zero-order chi connectivity index (χ0) is 10.9. The van der Waals surface area contributed by atoms with E-state index in [4.69, 9.17) is 11.6 Å². The molecule has 0 bridgehead atoms. The summed E-state index contributed by atoms with van der Waals surface area (Å²) in [6.45, 7) is 0. The molecule has 0 spiro atoms. The van der Waals surface area contributed by atoms with Crippen molar-refractivity contribution in [2.75, 3.05) is 5.88 Å². The van der Waals surface area contributed by atoms with E-state index in [0.29, 0.717) is 18.2 Å². The average Bonchev–Trinajstić information content (AvgIpc) is 2.28. The van der Waals surface area contributed by atoms with E-state index in [1.807, 2.05) is 0 Å². The number of carbonyl (C=O) groups excluding carboxylic acids is 1. The van der Waals surface area contributed by atoms with Gasteiger partial charge < -0.3 is 0 Å². The highest BCUT2D eigenvalue weighted by Gasteiger charge is 2.10. The first-order valence-electron chi connectivity index (χ1n) is 6.10. The molecule has 0 aromatic carbocycles. The summed E-state index contributed by atoms with van der Waals surface area (Å²) in [7, 11) is 0. The molecule has 1 aliphatic rings. The van der Waals surface area contributed by atoms with Crippen molar-refractivity contribution in [3.63, 3.8) is 0 Å². The van der Waals surface area contributed by atoms with E-state index in [1.165, 1.54) is 32.1 Å². The minimum absolute atomic E-state index is 0.269. The number of ketones is 1. The smallest absolute Gasteiger partial charge is 0.155 e. The van der Waals surface area contributed by atoms with Gasteiger partial charge in [0, 0.05) is 12.3 Å². The van der Waals surface area contributed by atoms with Gasteiger partial charge in [-0.2, -0.15) is 0 Å². The van der Waals surface area contributed by atoms with Crippen LogP contribution >= 0.6 is 11.6 Å². The van der Waals surface area contributed by atoms with Crippen molar-refractivity contribution in [1.82, 2.24) is 0 Å². The predicted molar refractivity (Wildman–Crippen MR) is 65.3 cm³/mol. The molecule has 0 aliphatic heterocycles. The Balaban J connectivity index is 2.14. The van der Waals surface area contributed by atoms with Gasteiger partial charge in [-0.1, -0.05) is 25.3 Å². The fraction of sp³-hybridized carbons (Fsp3) is 0.769. The summed E-state index contributed by atoms with van der Waals surface area (Å²) in [6.07, 6.45) is 13.0. The van der Waals surface area contributed by atoms with Crippen LogP contribution in [-0.4, -0.2) is 11.7 Å². The van der Waals surface area contributed by atoms with Crippen molar-refractivity contribution in [3.05, 3.63) is 12.2 Å². The Labute approximate surface area is 97.9 Å². The van der Waals surface area contributed by atoms with Gasteiger partial charge in [-0.15, -0.1) is 11.6 Å². The van der Waals surface area contributed by atoms with Crippen molar-refractivity contribution in [3.8, 4) is 0 Å². The Morgan fingerprint density at radius 1 is 1.20 bits per heavy atom.